The summed E-state index contributed by atoms with van der Waals surface area (Å²) in [5, 5.41) is 0. The Hall–Kier alpha value is -7.98. The lowest BCUT2D eigenvalue weighted by Gasteiger charge is -2.22. The quantitative estimate of drug-likeness (QED) is 0.158. The molecule has 2 N–H and O–H groups in total. The Morgan fingerprint density at radius 2 is 0.806 bits per heavy atom. The van der Waals surface area contributed by atoms with Crippen molar-refractivity contribution in [2.45, 2.75) is 24.9 Å². The molecule has 3 aromatic heterocycles. The highest BCUT2D eigenvalue weighted by atomic mass is 16.6. The molecule has 0 aliphatic carbocycles. The number of fused-ring (bicyclic) bond motifs is 8. The Labute approximate surface area is 357 Å². The summed E-state index contributed by atoms with van der Waals surface area (Å²) in [6.07, 6.45) is 8.28. The Morgan fingerprint density at radius 3 is 1.21 bits per heavy atom. The predicted octanol–water partition coefficient (Wildman–Crippen LogP) is 11.1. The molecule has 7 heterocycles. The number of hydrogen-bond donors (Lipinski definition) is 2. The van der Waals surface area contributed by atoms with Gasteiger partial charge >= 0.3 is 12.2 Å². The van der Waals surface area contributed by atoms with E-state index in [1.54, 1.807) is 9.80 Å². The van der Waals surface area contributed by atoms with Crippen molar-refractivity contribution >= 4 is 69.9 Å². The molecule has 2 amide bonds. The molecule has 10 nitrogen and oxygen atoms in total. The summed E-state index contributed by atoms with van der Waals surface area (Å²) in [4.78, 5) is 49.6. The summed E-state index contributed by atoms with van der Waals surface area (Å²) in [5.74, 6) is 0. The molecular formula is C52H40N6O4. The number of amides is 2. The van der Waals surface area contributed by atoms with E-state index in [2.05, 4.69) is 58.5 Å². The lowest BCUT2D eigenvalue weighted by molar-refractivity contribution is 0.178. The predicted molar refractivity (Wildman–Crippen MR) is 245 cm³/mol. The van der Waals surface area contributed by atoms with Crippen LogP contribution in [0.25, 0.3) is 68.6 Å². The minimum Gasteiger partial charge on any atom is -0.447 e. The Morgan fingerprint density at radius 1 is 0.452 bits per heavy atom. The first-order chi connectivity index (χ1) is 30.6. The van der Waals surface area contributed by atoms with Crippen LogP contribution in [-0.4, -0.2) is 57.4 Å². The molecule has 0 radical (unpaired) electrons. The van der Waals surface area contributed by atoms with Crippen LogP contribution >= 0.6 is 0 Å². The molecule has 7 aromatic rings. The van der Waals surface area contributed by atoms with Crippen molar-refractivity contribution in [1.29, 1.82) is 0 Å². The van der Waals surface area contributed by atoms with E-state index >= 15 is 0 Å². The molecule has 11 rings (SSSR count). The van der Waals surface area contributed by atoms with Gasteiger partial charge in [-0.3, -0.25) is 9.80 Å². The first-order valence-electron chi connectivity index (χ1n) is 20.8. The van der Waals surface area contributed by atoms with Crippen LogP contribution < -0.4 is 9.80 Å². The molecular weight excluding hydrogens is 773 g/mol. The van der Waals surface area contributed by atoms with Gasteiger partial charge in [0.05, 0.1) is 57.3 Å². The molecule has 62 heavy (non-hydrogen) atoms. The molecule has 2 fully saturated rings. The van der Waals surface area contributed by atoms with E-state index in [1.807, 2.05) is 121 Å². The fraction of sp³-hybridized carbons (Fsp3) is 0.115. The second-order valence-electron chi connectivity index (χ2n) is 15.8. The molecule has 4 aromatic carbocycles. The fourth-order valence-electron chi connectivity index (χ4n) is 9.04. The number of H-pyrrole nitrogens is 2. The van der Waals surface area contributed by atoms with Gasteiger partial charge < -0.3 is 19.4 Å². The van der Waals surface area contributed by atoms with Gasteiger partial charge in [0.15, 0.2) is 0 Å². The van der Waals surface area contributed by atoms with Crippen LogP contribution in [0.1, 0.15) is 33.9 Å². The number of benzene rings is 4. The SMILES string of the molecule is O=C1OC[C@@H](Cc2ccccc2)N1c1c2nc(c(-c3ccccc3)c3ccc([nH]3)c(N3C(=O)OC[C@H]3Cc3ccccc3)c3nc(c(-c4ccccc4)c4ccc1[nH]4)C=C3)C=C2. The van der Waals surface area contributed by atoms with Crippen molar-refractivity contribution in [2.75, 3.05) is 23.0 Å². The van der Waals surface area contributed by atoms with Gasteiger partial charge in [0.2, 0.25) is 0 Å². The number of aromatic nitrogens is 4. The zero-order valence-corrected chi connectivity index (χ0v) is 33.6. The maximum absolute atomic E-state index is 14.0. The third-order valence-corrected chi connectivity index (χ3v) is 11.9. The Kier molecular flexibility index (Phi) is 9.30. The molecule has 0 saturated carbocycles. The number of anilines is 2. The third-order valence-electron chi connectivity index (χ3n) is 11.9. The van der Waals surface area contributed by atoms with Gasteiger partial charge in [0.25, 0.3) is 0 Å². The lowest BCUT2D eigenvalue weighted by atomic mass is 10.0. The minimum absolute atomic E-state index is 0.238. The largest absolute Gasteiger partial charge is 0.447 e. The number of carbonyl (C=O) groups is 2. The maximum Gasteiger partial charge on any atom is 0.414 e. The molecule has 0 spiro atoms. The van der Waals surface area contributed by atoms with Gasteiger partial charge in [-0.25, -0.2) is 19.6 Å². The summed E-state index contributed by atoms with van der Waals surface area (Å²) >= 11 is 0. The Bertz CT molecular complexity index is 2880. The van der Waals surface area contributed by atoms with Crippen molar-refractivity contribution < 1.29 is 19.1 Å². The third kappa shape index (κ3) is 6.71. The Balaban J connectivity index is 1.22. The highest BCUT2D eigenvalue weighted by Crippen LogP contribution is 2.40. The van der Waals surface area contributed by atoms with E-state index in [0.29, 0.717) is 58.0 Å². The van der Waals surface area contributed by atoms with E-state index in [4.69, 9.17) is 19.4 Å². The van der Waals surface area contributed by atoms with Crippen molar-refractivity contribution in [3.63, 3.8) is 0 Å². The molecule has 10 heteroatoms. The zero-order chi connectivity index (χ0) is 41.6. The summed E-state index contributed by atoms with van der Waals surface area (Å²) in [6, 6.07) is 48.0. The minimum atomic E-state index is -0.430. The number of hydrogen-bond acceptors (Lipinski definition) is 6. The molecule has 8 bridgehead atoms. The van der Waals surface area contributed by atoms with Crippen LogP contribution in [0.4, 0.5) is 21.0 Å². The monoisotopic (exact) mass is 812 g/mol. The van der Waals surface area contributed by atoms with Gasteiger partial charge in [-0.15, -0.1) is 0 Å². The average molecular weight is 813 g/mol. The van der Waals surface area contributed by atoms with Crippen LogP contribution in [0.5, 0.6) is 0 Å². The van der Waals surface area contributed by atoms with Crippen molar-refractivity contribution in [3.8, 4) is 22.3 Å². The van der Waals surface area contributed by atoms with Crippen LogP contribution in [0.3, 0.4) is 0 Å². The van der Waals surface area contributed by atoms with Crippen molar-refractivity contribution in [3.05, 3.63) is 179 Å². The highest BCUT2D eigenvalue weighted by Gasteiger charge is 2.38. The van der Waals surface area contributed by atoms with Crippen molar-refractivity contribution in [2.24, 2.45) is 0 Å². The van der Waals surface area contributed by atoms with E-state index in [-0.39, 0.29) is 25.3 Å². The smallest absolute Gasteiger partial charge is 0.414 e. The number of carbonyl (C=O) groups excluding carboxylic acids is 2. The molecule has 4 aliphatic rings. The standard InChI is InChI=1S/C52H40N6O4/c59-51-57(37(31-61-51)29-33-13-5-1-6-14-33)49-43-25-21-39(53-43)47(35-17-9-3-10-18-35)41-23-27-45(55-41)50(58-38(32-62-52(58)60)30-34-15-7-2-8-16-34)46-28-24-42(56-46)48(36-19-11-4-12-20-36)40-22-26-44(49)54-40/h1-28,37-38,53,56H,29-32H2/t37-,38-/m1/s1. The second kappa shape index (κ2) is 15.6. The first-order valence-corrected chi connectivity index (χ1v) is 20.8. The van der Waals surface area contributed by atoms with Crippen LogP contribution in [-0.2, 0) is 22.3 Å². The van der Waals surface area contributed by atoms with Crippen molar-refractivity contribution in [1.82, 2.24) is 19.9 Å². The van der Waals surface area contributed by atoms with E-state index in [0.717, 1.165) is 44.4 Å². The maximum atomic E-state index is 14.0. The fourth-order valence-corrected chi connectivity index (χ4v) is 9.04. The van der Waals surface area contributed by atoms with Gasteiger partial charge in [0.1, 0.15) is 13.2 Å². The van der Waals surface area contributed by atoms with E-state index in [1.165, 1.54) is 0 Å². The number of aromatic amines is 2. The molecule has 0 unspecified atom stereocenters. The molecule has 4 aliphatic heterocycles. The average Bonchev–Trinajstić information content (AvgIpc) is 4.19. The zero-order valence-electron chi connectivity index (χ0n) is 33.6. The second-order valence-corrected chi connectivity index (χ2v) is 15.8. The summed E-state index contributed by atoms with van der Waals surface area (Å²) < 4.78 is 11.6. The summed E-state index contributed by atoms with van der Waals surface area (Å²) in [7, 11) is 0. The molecule has 302 valence electrons. The lowest BCUT2D eigenvalue weighted by Crippen LogP contribution is -2.35. The van der Waals surface area contributed by atoms with Crippen LogP contribution in [0.15, 0.2) is 146 Å². The number of cyclic esters (lactones) is 2. The number of ether oxygens (including phenoxy) is 2. The van der Waals surface area contributed by atoms with E-state index < -0.39 is 12.2 Å². The molecule has 2 atom stereocenters. The van der Waals surface area contributed by atoms with Crippen LogP contribution in [0, 0.1) is 0 Å². The number of rotatable bonds is 8. The summed E-state index contributed by atoms with van der Waals surface area (Å²) in [6.45, 7) is 0.477. The first kappa shape index (κ1) is 37.1. The normalized spacial score (nSPS) is 16.8. The van der Waals surface area contributed by atoms with E-state index in [9.17, 15) is 9.59 Å². The van der Waals surface area contributed by atoms with Gasteiger partial charge in [-0.05, 0) is 83.7 Å². The van der Waals surface area contributed by atoms with Gasteiger partial charge in [-0.2, -0.15) is 0 Å². The molecule has 2 saturated heterocycles. The highest BCUT2D eigenvalue weighted by molar-refractivity contribution is 6.04. The summed E-state index contributed by atoms with van der Waals surface area (Å²) in [5.41, 5.74) is 12.7. The van der Waals surface area contributed by atoms with Gasteiger partial charge in [-0.1, -0.05) is 121 Å². The number of nitrogens with one attached hydrogen (secondary N) is 2. The van der Waals surface area contributed by atoms with Crippen LogP contribution in [0.2, 0.25) is 0 Å². The number of nitrogens with zero attached hydrogens (tertiary/aromatic N) is 4. The topological polar surface area (TPSA) is 116 Å². The van der Waals surface area contributed by atoms with Gasteiger partial charge in [0, 0.05) is 22.2 Å².